The van der Waals surface area contributed by atoms with Crippen molar-refractivity contribution >= 4 is 33.6 Å². The number of amides is 1. The minimum Gasteiger partial charge on any atom is -0.486 e. The molecule has 2 heterocycles. The van der Waals surface area contributed by atoms with Gasteiger partial charge in [0.1, 0.15) is 13.2 Å². The topological polar surface area (TPSA) is 84.9 Å². The van der Waals surface area contributed by atoms with Gasteiger partial charge < -0.3 is 14.8 Å². The fourth-order valence-electron chi connectivity index (χ4n) is 3.50. The summed E-state index contributed by atoms with van der Waals surface area (Å²) in [4.78, 5) is 12.5. The lowest BCUT2D eigenvalue weighted by Crippen LogP contribution is -2.27. The molecule has 1 fully saturated rings. The van der Waals surface area contributed by atoms with Crippen molar-refractivity contribution in [1.29, 1.82) is 0 Å². The number of carbonyl (C=O) groups excluding carboxylic acids is 1. The molecule has 0 saturated carbocycles. The van der Waals surface area contributed by atoms with E-state index in [0.717, 1.165) is 24.0 Å². The average Bonchev–Trinajstić information content (AvgIpc) is 3.33. The summed E-state index contributed by atoms with van der Waals surface area (Å²) in [6.07, 6.45) is 4.85. The van der Waals surface area contributed by atoms with E-state index in [2.05, 4.69) is 5.32 Å². The molecule has 0 atom stereocenters. The summed E-state index contributed by atoms with van der Waals surface area (Å²) in [6.45, 7) is 2.34. The molecule has 164 valence electrons. The number of benzene rings is 2. The largest absolute Gasteiger partial charge is 0.486 e. The number of sulfonamides is 1. The molecule has 1 amide bonds. The average molecular weight is 463 g/mol. The molecule has 0 bridgehead atoms. The van der Waals surface area contributed by atoms with Crippen LogP contribution in [0.15, 0.2) is 47.4 Å². The van der Waals surface area contributed by atoms with Crippen molar-refractivity contribution in [2.45, 2.75) is 24.3 Å². The van der Waals surface area contributed by atoms with E-state index >= 15 is 0 Å². The van der Waals surface area contributed by atoms with Crippen molar-refractivity contribution in [3.63, 3.8) is 0 Å². The second kappa shape index (κ2) is 9.30. The molecule has 7 nitrogen and oxygen atoms in total. The van der Waals surface area contributed by atoms with Gasteiger partial charge in [-0.2, -0.15) is 4.31 Å². The van der Waals surface area contributed by atoms with Gasteiger partial charge in [-0.3, -0.25) is 4.79 Å². The Labute approximate surface area is 186 Å². The molecule has 2 aliphatic rings. The van der Waals surface area contributed by atoms with Crippen molar-refractivity contribution in [3.05, 3.63) is 58.6 Å². The van der Waals surface area contributed by atoms with Gasteiger partial charge in [-0.05, 0) is 54.3 Å². The van der Waals surface area contributed by atoms with Gasteiger partial charge in [-0.1, -0.05) is 23.7 Å². The number of carbonyl (C=O) groups is 1. The minimum absolute atomic E-state index is 0.278. The monoisotopic (exact) mass is 462 g/mol. The van der Waals surface area contributed by atoms with Crippen molar-refractivity contribution in [3.8, 4) is 11.5 Å². The van der Waals surface area contributed by atoms with Crippen LogP contribution in [0.1, 0.15) is 24.0 Å². The van der Waals surface area contributed by atoms with Gasteiger partial charge in [0.2, 0.25) is 15.9 Å². The highest BCUT2D eigenvalue weighted by atomic mass is 35.5. The van der Waals surface area contributed by atoms with Gasteiger partial charge in [0.05, 0.1) is 9.92 Å². The first kappa shape index (κ1) is 21.7. The van der Waals surface area contributed by atoms with Crippen LogP contribution in [0.5, 0.6) is 11.5 Å². The second-order valence-electron chi connectivity index (χ2n) is 7.33. The molecular formula is C22H23ClN2O5S. The summed E-state index contributed by atoms with van der Waals surface area (Å²) in [6, 6.07) is 10.1. The van der Waals surface area contributed by atoms with Crippen LogP contribution in [0.25, 0.3) is 6.08 Å². The standard InChI is InChI=1S/C22H23ClN2O5S/c23-19-13-17(14-20-22(19)30-12-11-29-20)5-8-21(26)24-15-16-3-6-18(7-4-16)31(27,28)25-9-1-2-10-25/h3-8,13-14H,1-2,9-12,15H2,(H,24,26). The van der Waals surface area contributed by atoms with E-state index in [9.17, 15) is 13.2 Å². The highest BCUT2D eigenvalue weighted by Gasteiger charge is 2.26. The summed E-state index contributed by atoms with van der Waals surface area (Å²) in [5, 5.41) is 3.22. The van der Waals surface area contributed by atoms with Crippen molar-refractivity contribution in [2.75, 3.05) is 26.3 Å². The maximum atomic E-state index is 12.6. The van der Waals surface area contributed by atoms with Crippen LogP contribution in [-0.2, 0) is 21.4 Å². The number of ether oxygens (including phenoxy) is 2. The zero-order valence-electron chi connectivity index (χ0n) is 16.8. The van der Waals surface area contributed by atoms with Crippen molar-refractivity contribution in [1.82, 2.24) is 9.62 Å². The number of rotatable bonds is 6. The maximum Gasteiger partial charge on any atom is 0.244 e. The zero-order valence-corrected chi connectivity index (χ0v) is 18.4. The molecule has 0 aliphatic carbocycles. The molecule has 2 aliphatic heterocycles. The number of hydrogen-bond acceptors (Lipinski definition) is 5. The lowest BCUT2D eigenvalue weighted by Gasteiger charge is -2.19. The Hall–Kier alpha value is -2.55. The van der Waals surface area contributed by atoms with E-state index in [0.29, 0.717) is 42.8 Å². The summed E-state index contributed by atoms with van der Waals surface area (Å²) in [5.41, 5.74) is 1.53. The zero-order chi connectivity index (χ0) is 21.8. The van der Waals surface area contributed by atoms with Gasteiger partial charge >= 0.3 is 0 Å². The fourth-order valence-corrected chi connectivity index (χ4v) is 5.29. The van der Waals surface area contributed by atoms with Crippen LogP contribution in [0, 0.1) is 0 Å². The molecule has 31 heavy (non-hydrogen) atoms. The molecule has 0 spiro atoms. The third-order valence-electron chi connectivity index (χ3n) is 5.14. The normalized spacial score (nSPS) is 16.5. The molecule has 2 aromatic carbocycles. The third-order valence-corrected chi connectivity index (χ3v) is 7.33. The molecule has 0 aromatic heterocycles. The Morgan fingerprint density at radius 3 is 2.55 bits per heavy atom. The van der Waals surface area contributed by atoms with Crippen LogP contribution >= 0.6 is 11.6 Å². The summed E-state index contributed by atoms with van der Waals surface area (Å²) in [5.74, 6) is 0.798. The Morgan fingerprint density at radius 2 is 1.81 bits per heavy atom. The lowest BCUT2D eigenvalue weighted by atomic mass is 10.1. The number of nitrogens with zero attached hydrogens (tertiary/aromatic N) is 1. The molecule has 1 N–H and O–H groups in total. The number of nitrogens with one attached hydrogen (secondary N) is 1. The Kier molecular flexibility index (Phi) is 6.50. The highest BCUT2D eigenvalue weighted by Crippen LogP contribution is 2.38. The van der Waals surface area contributed by atoms with Gasteiger partial charge in [-0.15, -0.1) is 0 Å². The van der Waals surface area contributed by atoms with Gasteiger partial charge in [0.15, 0.2) is 11.5 Å². The van der Waals surface area contributed by atoms with Crippen molar-refractivity contribution in [2.24, 2.45) is 0 Å². The summed E-state index contributed by atoms with van der Waals surface area (Å²) < 4.78 is 37.7. The SMILES string of the molecule is O=C(C=Cc1cc(Cl)c2c(c1)OCCO2)NCc1ccc(S(=O)(=O)N2CCCC2)cc1. The molecule has 9 heteroatoms. The van der Waals surface area contributed by atoms with Crippen LogP contribution in [0.3, 0.4) is 0 Å². The first-order chi connectivity index (χ1) is 14.9. The summed E-state index contributed by atoms with van der Waals surface area (Å²) in [7, 11) is -3.43. The Balaban J connectivity index is 1.34. The van der Waals surface area contributed by atoms with Crippen LogP contribution in [0.4, 0.5) is 0 Å². The predicted molar refractivity (Wildman–Crippen MR) is 118 cm³/mol. The third kappa shape index (κ3) is 5.03. The first-order valence-corrected chi connectivity index (χ1v) is 11.9. The summed E-state index contributed by atoms with van der Waals surface area (Å²) >= 11 is 6.20. The number of halogens is 1. The van der Waals surface area contributed by atoms with Gasteiger partial charge in [-0.25, -0.2) is 8.42 Å². The smallest absolute Gasteiger partial charge is 0.244 e. The van der Waals surface area contributed by atoms with E-state index in [4.69, 9.17) is 21.1 Å². The van der Waals surface area contributed by atoms with E-state index in [1.54, 1.807) is 42.5 Å². The molecule has 0 unspecified atom stereocenters. The fraction of sp³-hybridized carbons (Fsp3) is 0.318. The Morgan fingerprint density at radius 1 is 1.10 bits per heavy atom. The van der Waals surface area contributed by atoms with E-state index in [1.165, 1.54) is 10.4 Å². The van der Waals surface area contributed by atoms with Crippen LogP contribution < -0.4 is 14.8 Å². The van der Waals surface area contributed by atoms with E-state index in [1.807, 2.05) is 0 Å². The minimum atomic E-state index is -3.43. The van der Waals surface area contributed by atoms with Crippen LogP contribution in [-0.4, -0.2) is 44.9 Å². The maximum absolute atomic E-state index is 12.6. The second-order valence-corrected chi connectivity index (χ2v) is 9.68. The highest BCUT2D eigenvalue weighted by molar-refractivity contribution is 7.89. The molecule has 2 aromatic rings. The van der Waals surface area contributed by atoms with Crippen LogP contribution in [0.2, 0.25) is 5.02 Å². The molecule has 1 saturated heterocycles. The first-order valence-electron chi connectivity index (χ1n) is 10.1. The molecule has 4 rings (SSSR count). The lowest BCUT2D eigenvalue weighted by molar-refractivity contribution is -0.116. The Bertz CT molecular complexity index is 1090. The number of fused-ring (bicyclic) bond motifs is 1. The molecular weight excluding hydrogens is 440 g/mol. The van der Waals surface area contributed by atoms with E-state index < -0.39 is 10.0 Å². The van der Waals surface area contributed by atoms with Gasteiger partial charge in [0, 0.05) is 25.7 Å². The quantitative estimate of drug-likeness (QED) is 0.666. The predicted octanol–water partition coefficient (Wildman–Crippen LogP) is 3.23. The number of hydrogen-bond donors (Lipinski definition) is 1. The van der Waals surface area contributed by atoms with Crippen molar-refractivity contribution < 1.29 is 22.7 Å². The van der Waals surface area contributed by atoms with E-state index in [-0.39, 0.29) is 17.3 Å². The van der Waals surface area contributed by atoms with Gasteiger partial charge in [0.25, 0.3) is 0 Å². The molecule has 0 radical (unpaired) electrons.